The van der Waals surface area contributed by atoms with Crippen molar-refractivity contribution in [3.05, 3.63) is 88.1 Å². The van der Waals surface area contributed by atoms with Crippen LogP contribution in [0.2, 0.25) is 0 Å². The molecular weight excluding hydrogens is 278 g/mol. The van der Waals surface area contributed by atoms with Crippen LogP contribution in [-0.4, -0.2) is 12.0 Å². The minimum atomic E-state index is -0.00586. The summed E-state index contributed by atoms with van der Waals surface area (Å²) >= 11 is 1.62. The molecule has 0 atom stereocenters. The van der Waals surface area contributed by atoms with Gasteiger partial charge in [-0.25, -0.2) is 0 Å². The van der Waals surface area contributed by atoms with E-state index in [2.05, 4.69) is 4.99 Å². The van der Waals surface area contributed by atoms with Gasteiger partial charge in [-0.15, -0.1) is 0 Å². The van der Waals surface area contributed by atoms with E-state index in [0.717, 1.165) is 5.56 Å². The number of ketones is 1. The van der Waals surface area contributed by atoms with Gasteiger partial charge in [0.25, 0.3) is 0 Å². The molecule has 3 rings (SSSR count). The first-order valence-electron chi connectivity index (χ1n) is 6.59. The molecule has 0 spiro atoms. The number of nitrogens with zero attached hydrogens (tertiary/aromatic N) is 1. The van der Waals surface area contributed by atoms with Gasteiger partial charge in [-0.05, 0) is 29.0 Å². The van der Waals surface area contributed by atoms with Gasteiger partial charge in [-0.3, -0.25) is 9.79 Å². The van der Waals surface area contributed by atoms with E-state index in [4.69, 9.17) is 0 Å². The lowest BCUT2D eigenvalue weighted by Crippen LogP contribution is -2.01. The number of para-hydroxylation sites is 1. The number of rotatable bonds is 4. The van der Waals surface area contributed by atoms with Crippen molar-refractivity contribution in [2.45, 2.75) is 0 Å². The maximum absolute atomic E-state index is 12.6. The van der Waals surface area contributed by atoms with Gasteiger partial charge in [0.15, 0.2) is 5.78 Å². The number of aliphatic imine (C=N–C) groups is 1. The topological polar surface area (TPSA) is 29.4 Å². The molecule has 0 fully saturated rings. The molecule has 0 aliphatic heterocycles. The summed E-state index contributed by atoms with van der Waals surface area (Å²) in [5, 5.41) is 4.02. The molecule has 0 aliphatic rings. The van der Waals surface area contributed by atoms with Crippen molar-refractivity contribution < 1.29 is 4.79 Å². The average Bonchev–Trinajstić information content (AvgIpc) is 3.07. The van der Waals surface area contributed by atoms with Gasteiger partial charge in [0.2, 0.25) is 0 Å². The standard InChI is InChI=1S/C18H13NOS/c20-18(15-6-2-1-3-7-15)16-8-4-5-9-17(16)19-12-14-10-11-21-13-14/h1-13H. The van der Waals surface area contributed by atoms with Crippen molar-refractivity contribution in [2.24, 2.45) is 4.99 Å². The first-order chi connectivity index (χ1) is 10.3. The van der Waals surface area contributed by atoms with E-state index >= 15 is 0 Å². The summed E-state index contributed by atoms with van der Waals surface area (Å²) in [6, 6.07) is 18.7. The predicted octanol–water partition coefficient (Wildman–Crippen LogP) is 4.73. The Morgan fingerprint density at radius 3 is 2.48 bits per heavy atom. The molecule has 0 N–H and O–H groups in total. The minimum Gasteiger partial charge on any atom is -0.289 e. The predicted molar refractivity (Wildman–Crippen MR) is 87.9 cm³/mol. The highest BCUT2D eigenvalue weighted by Crippen LogP contribution is 2.22. The summed E-state index contributed by atoms with van der Waals surface area (Å²) in [6.07, 6.45) is 1.79. The Morgan fingerprint density at radius 2 is 1.71 bits per heavy atom. The number of hydrogen-bond donors (Lipinski definition) is 0. The van der Waals surface area contributed by atoms with Crippen LogP contribution in [0.3, 0.4) is 0 Å². The fourth-order valence-electron chi connectivity index (χ4n) is 2.02. The highest BCUT2D eigenvalue weighted by Gasteiger charge is 2.12. The summed E-state index contributed by atoms with van der Waals surface area (Å²) in [5.74, 6) is -0.00586. The second-order valence-electron chi connectivity index (χ2n) is 4.53. The van der Waals surface area contributed by atoms with Gasteiger partial charge in [-0.2, -0.15) is 11.3 Å². The van der Waals surface area contributed by atoms with E-state index in [1.807, 2.05) is 71.4 Å². The Balaban J connectivity index is 1.95. The summed E-state index contributed by atoms with van der Waals surface area (Å²) in [7, 11) is 0. The van der Waals surface area contributed by atoms with Crippen molar-refractivity contribution in [1.82, 2.24) is 0 Å². The molecule has 0 saturated carbocycles. The smallest absolute Gasteiger partial charge is 0.195 e. The zero-order chi connectivity index (χ0) is 14.5. The van der Waals surface area contributed by atoms with E-state index in [-0.39, 0.29) is 5.78 Å². The molecule has 21 heavy (non-hydrogen) atoms. The number of hydrogen-bond acceptors (Lipinski definition) is 3. The molecule has 3 heteroatoms. The molecular formula is C18H13NOS. The van der Waals surface area contributed by atoms with Crippen LogP contribution in [0.4, 0.5) is 5.69 Å². The van der Waals surface area contributed by atoms with E-state index in [1.54, 1.807) is 17.6 Å². The molecule has 1 heterocycles. The molecule has 2 aromatic carbocycles. The van der Waals surface area contributed by atoms with Crippen molar-refractivity contribution >= 4 is 29.0 Å². The van der Waals surface area contributed by atoms with E-state index in [0.29, 0.717) is 16.8 Å². The summed E-state index contributed by atoms with van der Waals surface area (Å²) in [4.78, 5) is 17.0. The lowest BCUT2D eigenvalue weighted by Gasteiger charge is -2.04. The van der Waals surface area contributed by atoms with Crippen molar-refractivity contribution in [2.75, 3.05) is 0 Å². The first kappa shape index (κ1) is 13.5. The van der Waals surface area contributed by atoms with Gasteiger partial charge in [-0.1, -0.05) is 42.5 Å². The van der Waals surface area contributed by atoms with Gasteiger partial charge < -0.3 is 0 Å². The second kappa shape index (κ2) is 6.29. The van der Waals surface area contributed by atoms with Crippen LogP contribution in [-0.2, 0) is 0 Å². The van der Waals surface area contributed by atoms with Crippen LogP contribution in [0.15, 0.2) is 76.4 Å². The second-order valence-corrected chi connectivity index (χ2v) is 5.31. The zero-order valence-electron chi connectivity index (χ0n) is 11.3. The lowest BCUT2D eigenvalue weighted by molar-refractivity contribution is 0.103. The fourth-order valence-corrected chi connectivity index (χ4v) is 2.63. The van der Waals surface area contributed by atoms with Gasteiger partial charge in [0.05, 0.1) is 5.69 Å². The summed E-state index contributed by atoms with van der Waals surface area (Å²) in [5.41, 5.74) is 3.03. The minimum absolute atomic E-state index is 0.00586. The molecule has 0 radical (unpaired) electrons. The maximum Gasteiger partial charge on any atom is 0.195 e. The van der Waals surface area contributed by atoms with Gasteiger partial charge in [0, 0.05) is 22.9 Å². The Bertz CT molecular complexity index is 761. The van der Waals surface area contributed by atoms with Crippen LogP contribution < -0.4 is 0 Å². The maximum atomic E-state index is 12.6. The van der Waals surface area contributed by atoms with E-state index in [9.17, 15) is 4.79 Å². The monoisotopic (exact) mass is 291 g/mol. The van der Waals surface area contributed by atoms with Gasteiger partial charge >= 0.3 is 0 Å². The van der Waals surface area contributed by atoms with Crippen molar-refractivity contribution in [3.8, 4) is 0 Å². The molecule has 102 valence electrons. The van der Waals surface area contributed by atoms with Gasteiger partial charge in [0.1, 0.15) is 0 Å². The number of benzene rings is 2. The Kier molecular flexibility index (Phi) is 4.03. The fraction of sp³-hybridized carbons (Fsp3) is 0. The summed E-state index contributed by atoms with van der Waals surface area (Å²) in [6.45, 7) is 0. The van der Waals surface area contributed by atoms with Crippen LogP contribution in [0.25, 0.3) is 0 Å². The first-order valence-corrected chi connectivity index (χ1v) is 7.54. The number of thiophene rings is 1. The van der Waals surface area contributed by atoms with Crippen LogP contribution >= 0.6 is 11.3 Å². The molecule has 0 saturated heterocycles. The molecule has 1 aromatic heterocycles. The Hall–Kier alpha value is -2.52. The molecule has 0 aliphatic carbocycles. The highest BCUT2D eigenvalue weighted by molar-refractivity contribution is 7.08. The quantitative estimate of drug-likeness (QED) is 0.505. The molecule has 3 aromatic rings. The van der Waals surface area contributed by atoms with Crippen LogP contribution in [0.5, 0.6) is 0 Å². The Labute approximate surface area is 127 Å². The van der Waals surface area contributed by atoms with Crippen LogP contribution in [0, 0.1) is 0 Å². The molecule has 0 bridgehead atoms. The average molecular weight is 291 g/mol. The van der Waals surface area contributed by atoms with Crippen molar-refractivity contribution in [1.29, 1.82) is 0 Å². The Morgan fingerprint density at radius 1 is 0.952 bits per heavy atom. The number of carbonyl (C=O) groups excluding carboxylic acids is 1. The molecule has 0 unspecified atom stereocenters. The largest absolute Gasteiger partial charge is 0.289 e. The third kappa shape index (κ3) is 3.15. The van der Waals surface area contributed by atoms with Crippen molar-refractivity contribution in [3.63, 3.8) is 0 Å². The molecule has 0 amide bonds. The normalized spacial score (nSPS) is 10.9. The highest BCUT2D eigenvalue weighted by atomic mass is 32.1. The summed E-state index contributed by atoms with van der Waals surface area (Å²) < 4.78 is 0. The number of carbonyl (C=O) groups is 1. The molecule has 2 nitrogen and oxygen atoms in total. The van der Waals surface area contributed by atoms with E-state index < -0.39 is 0 Å². The van der Waals surface area contributed by atoms with Crippen LogP contribution in [0.1, 0.15) is 21.5 Å². The lowest BCUT2D eigenvalue weighted by atomic mass is 10.0. The third-order valence-corrected chi connectivity index (χ3v) is 3.78. The zero-order valence-corrected chi connectivity index (χ0v) is 12.1. The SMILES string of the molecule is O=C(c1ccccc1)c1ccccc1N=Cc1ccsc1. The van der Waals surface area contributed by atoms with E-state index in [1.165, 1.54) is 0 Å². The third-order valence-electron chi connectivity index (χ3n) is 3.08.